The first kappa shape index (κ1) is 25.6. The minimum atomic E-state index is -3.46. The summed E-state index contributed by atoms with van der Waals surface area (Å²) in [7, 11) is -4.94. The fourth-order valence-corrected chi connectivity index (χ4v) is 7.49. The molecule has 32 heavy (non-hydrogen) atoms. The highest BCUT2D eigenvalue weighted by molar-refractivity contribution is 7.89. The van der Waals surface area contributed by atoms with Crippen LogP contribution in [-0.4, -0.2) is 52.1 Å². The number of halogens is 3. The molecule has 3 N–H and O–H groups in total. The normalized spacial score (nSPS) is 26.3. The van der Waals surface area contributed by atoms with Crippen molar-refractivity contribution < 1.29 is 25.8 Å². The average molecular weight is 496 g/mol. The maximum atomic E-state index is 14.4. The van der Waals surface area contributed by atoms with Crippen molar-refractivity contribution in [1.29, 1.82) is 0 Å². The highest BCUT2D eigenvalue weighted by Crippen LogP contribution is 2.42. The largest absolute Gasteiger partial charge is 0.329 e. The number of hydrogen-bond acceptors (Lipinski definition) is 4. The summed E-state index contributed by atoms with van der Waals surface area (Å²) >= 11 is 0. The molecule has 0 aliphatic carbocycles. The molecule has 2 unspecified atom stereocenters. The van der Waals surface area contributed by atoms with Crippen molar-refractivity contribution in [3.05, 3.63) is 35.1 Å². The van der Waals surface area contributed by atoms with E-state index in [0.29, 0.717) is 18.9 Å². The molecule has 2 bridgehead atoms. The van der Waals surface area contributed by atoms with Crippen LogP contribution in [0.4, 0.5) is 13.2 Å². The monoisotopic (exact) mass is 495 g/mol. The number of sulfonamides is 1. The molecule has 2 fully saturated rings. The van der Waals surface area contributed by atoms with Crippen molar-refractivity contribution in [1.82, 2.24) is 9.03 Å². The number of piperidine rings is 1. The number of nitrogens with zero attached hydrogens (tertiary/aromatic N) is 1. The summed E-state index contributed by atoms with van der Waals surface area (Å²) in [5.74, 6) is -3.47. The molecule has 0 saturated carbocycles. The van der Waals surface area contributed by atoms with Gasteiger partial charge in [0.25, 0.3) is 0 Å². The topological polar surface area (TPSA) is 92.5 Å². The fraction of sp³-hybridized carbons (Fsp3) is 0.714. The van der Waals surface area contributed by atoms with Crippen molar-refractivity contribution in [2.75, 3.05) is 12.3 Å². The zero-order valence-corrected chi connectivity index (χ0v) is 20.2. The molecule has 11 heteroatoms. The Balaban J connectivity index is 1.87. The number of hydrogen-bond donors (Lipinski definition) is 2. The Morgan fingerprint density at radius 1 is 1.12 bits per heavy atom. The second kappa shape index (κ2) is 9.69. The van der Waals surface area contributed by atoms with Crippen LogP contribution in [0.2, 0.25) is 0 Å². The minimum Gasteiger partial charge on any atom is -0.329 e. The first-order valence-electron chi connectivity index (χ1n) is 10.9. The molecule has 0 amide bonds. The van der Waals surface area contributed by atoms with Crippen LogP contribution < -0.4 is 10.5 Å². The summed E-state index contributed by atoms with van der Waals surface area (Å²) in [5, 5.41) is 0. The SMILES string of the molecule is CC(C)(C)S(=O)N[C@@H](Cc1cc(F)c(F)cc1F)C1C[C@H]2CC[C@@H](C1)N2S(=O)(=O)CCN. The number of rotatable bonds is 8. The van der Waals surface area contributed by atoms with Crippen LogP contribution in [-0.2, 0) is 27.4 Å². The summed E-state index contributed by atoms with van der Waals surface area (Å²) in [6.45, 7) is 5.46. The Labute approximate surface area is 190 Å². The van der Waals surface area contributed by atoms with E-state index < -0.39 is 49.2 Å². The van der Waals surface area contributed by atoms with Gasteiger partial charge in [-0.05, 0) is 70.4 Å². The molecule has 2 aliphatic rings. The van der Waals surface area contributed by atoms with Gasteiger partial charge in [-0.1, -0.05) is 0 Å². The van der Waals surface area contributed by atoms with Gasteiger partial charge in [0.15, 0.2) is 11.6 Å². The van der Waals surface area contributed by atoms with Crippen molar-refractivity contribution >= 4 is 21.0 Å². The number of nitrogens with two attached hydrogens (primary N) is 1. The Kier molecular flexibility index (Phi) is 7.76. The molecular weight excluding hydrogens is 463 g/mol. The van der Waals surface area contributed by atoms with Gasteiger partial charge >= 0.3 is 0 Å². The molecule has 0 spiro atoms. The molecule has 1 aromatic carbocycles. The van der Waals surface area contributed by atoms with Gasteiger partial charge in [0.1, 0.15) is 5.82 Å². The summed E-state index contributed by atoms with van der Waals surface area (Å²) in [5.41, 5.74) is 5.48. The van der Waals surface area contributed by atoms with Crippen molar-refractivity contribution in [3.8, 4) is 0 Å². The second-order valence-corrected chi connectivity index (χ2v) is 13.7. The first-order chi connectivity index (χ1) is 14.8. The van der Waals surface area contributed by atoms with Crippen LogP contribution in [0.25, 0.3) is 0 Å². The maximum Gasteiger partial charge on any atom is 0.215 e. The molecule has 1 aromatic rings. The van der Waals surface area contributed by atoms with Gasteiger partial charge in [0.05, 0.1) is 21.5 Å². The number of nitrogens with one attached hydrogen (secondary N) is 1. The Hall–Kier alpha value is -1.01. The summed E-state index contributed by atoms with van der Waals surface area (Å²) < 4.78 is 83.9. The van der Waals surface area contributed by atoms with E-state index in [2.05, 4.69) is 4.72 Å². The predicted octanol–water partition coefficient (Wildman–Crippen LogP) is 2.60. The third-order valence-corrected chi connectivity index (χ3v) is 9.93. The Morgan fingerprint density at radius 2 is 1.69 bits per heavy atom. The van der Waals surface area contributed by atoms with Gasteiger partial charge in [-0.3, -0.25) is 0 Å². The van der Waals surface area contributed by atoms with Gasteiger partial charge in [-0.15, -0.1) is 0 Å². The molecular formula is C21H32F3N3O3S2. The lowest BCUT2D eigenvalue weighted by atomic mass is 9.83. The van der Waals surface area contributed by atoms with E-state index in [-0.39, 0.29) is 42.3 Å². The lowest BCUT2D eigenvalue weighted by molar-refractivity contribution is 0.166. The van der Waals surface area contributed by atoms with Gasteiger partial charge in [-0.2, -0.15) is 4.31 Å². The molecule has 182 valence electrons. The lowest BCUT2D eigenvalue weighted by Gasteiger charge is -2.41. The van der Waals surface area contributed by atoms with E-state index in [1.54, 1.807) is 25.1 Å². The summed E-state index contributed by atoms with van der Waals surface area (Å²) in [6, 6.07) is 0.481. The van der Waals surface area contributed by atoms with Crippen molar-refractivity contribution in [2.45, 2.75) is 75.7 Å². The zero-order chi connectivity index (χ0) is 23.8. The molecule has 2 saturated heterocycles. The van der Waals surface area contributed by atoms with Gasteiger partial charge in [0.2, 0.25) is 10.0 Å². The van der Waals surface area contributed by atoms with Crippen molar-refractivity contribution in [3.63, 3.8) is 0 Å². The van der Waals surface area contributed by atoms with Gasteiger partial charge in [-0.25, -0.2) is 30.5 Å². The minimum absolute atomic E-state index is 0.00200. The zero-order valence-electron chi connectivity index (χ0n) is 18.6. The van der Waals surface area contributed by atoms with Gasteiger partial charge in [0, 0.05) is 30.7 Å². The number of benzene rings is 1. The van der Waals surface area contributed by atoms with Crippen LogP contribution in [0.5, 0.6) is 0 Å². The Bertz CT molecular complexity index is 955. The quantitative estimate of drug-likeness (QED) is 0.543. The molecule has 0 aromatic heterocycles. The third-order valence-electron chi connectivity index (χ3n) is 6.31. The summed E-state index contributed by atoms with van der Waals surface area (Å²) in [6.07, 6.45) is 2.50. The van der Waals surface area contributed by atoms with Crippen LogP contribution in [0.1, 0.15) is 52.0 Å². The fourth-order valence-electron chi connectivity index (χ4n) is 4.79. The average Bonchev–Trinajstić information content (AvgIpc) is 2.96. The van der Waals surface area contributed by atoms with Gasteiger partial charge < -0.3 is 5.73 Å². The molecule has 0 radical (unpaired) electrons. The van der Waals surface area contributed by atoms with E-state index in [9.17, 15) is 25.8 Å². The van der Waals surface area contributed by atoms with Crippen LogP contribution in [0.15, 0.2) is 12.1 Å². The lowest BCUT2D eigenvalue weighted by Crippen LogP contribution is -2.53. The maximum absolute atomic E-state index is 14.4. The van der Waals surface area contributed by atoms with E-state index >= 15 is 0 Å². The van der Waals surface area contributed by atoms with Crippen LogP contribution in [0, 0.1) is 23.4 Å². The molecule has 3 rings (SSSR count). The first-order valence-corrected chi connectivity index (χ1v) is 13.6. The Morgan fingerprint density at radius 3 is 2.22 bits per heavy atom. The van der Waals surface area contributed by atoms with Crippen LogP contribution in [0.3, 0.4) is 0 Å². The molecule has 2 aliphatic heterocycles. The molecule has 5 atom stereocenters. The van der Waals surface area contributed by atoms with E-state index in [1.165, 1.54) is 0 Å². The van der Waals surface area contributed by atoms with Crippen molar-refractivity contribution in [2.24, 2.45) is 11.7 Å². The van der Waals surface area contributed by atoms with E-state index in [4.69, 9.17) is 5.73 Å². The predicted molar refractivity (Wildman–Crippen MR) is 119 cm³/mol. The number of fused-ring (bicyclic) bond motifs is 2. The smallest absolute Gasteiger partial charge is 0.215 e. The van der Waals surface area contributed by atoms with Crippen LogP contribution >= 0.6 is 0 Å². The van der Waals surface area contributed by atoms with E-state index in [0.717, 1.165) is 18.9 Å². The highest BCUT2D eigenvalue weighted by atomic mass is 32.2. The van der Waals surface area contributed by atoms with E-state index in [1.807, 2.05) is 0 Å². The second-order valence-electron chi connectivity index (χ2n) is 9.72. The molecule has 2 heterocycles. The standard InChI is InChI=1S/C21H32F3N3O3S2/c1-21(2,3)31(28)26-20(11-13-10-18(23)19(24)12-17(13)22)14-8-15-4-5-16(9-14)27(15)32(29,30)7-6-25/h10,12,14-16,20,26H,4-9,11,25H2,1-3H3/t14?,15-,16+,20-,31?/m0/s1. The summed E-state index contributed by atoms with van der Waals surface area (Å²) in [4.78, 5) is 0. The third kappa shape index (κ3) is 5.55. The molecule has 6 nitrogen and oxygen atoms in total. The highest BCUT2D eigenvalue weighted by Gasteiger charge is 2.48.